The van der Waals surface area contributed by atoms with Crippen LogP contribution >= 0.6 is 23.4 Å². The number of aromatic nitrogens is 2. The summed E-state index contributed by atoms with van der Waals surface area (Å²) in [7, 11) is 1.99. The van der Waals surface area contributed by atoms with Crippen LogP contribution in [0.2, 0.25) is 5.02 Å². The van der Waals surface area contributed by atoms with Crippen LogP contribution < -0.4 is 5.32 Å². The Labute approximate surface area is 125 Å². The molecule has 1 saturated heterocycles. The number of halogens is 1. The van der Waals surface area contributed by atoms with E-state index in [0.717, 1.165) is 29.4 Å². The Morgan fingerprint density at radius 2 is 2.32 bits per heavy atom. The summed E-state index contributed by atoms with van der Waals surface area (Å²) in [6, 6.07) is 0.502. The van der Waals surface area contributed by atoms with Gasteiger partial charge in [-0.1, -0.05) is 24.9 Å². The van der Waals surface area contributed by atoms with Crippen LogP contribution in [0.5, 0.6) is 0 Å². The molecular weight excluding hydrogens is 278 g/mol. The van der Waals surface area contributed by atoms with Crippen molar-refractivity contribution < 1.29 is 0 Å². The van der Waals surface area contributed by atoms with E-state index in [4.69, 9.17) is 11.6 Å². The fourth-order valence-corrected chi connectivity index (χ4v) is 4.46. The molecule has 0 saturated carbocycles. The molecule has 0 aliphatic carbocycles. The van der Waals surface area contributed by atoms with Gasteiger partial charge in [-0.25, -0.2) is 0 Å². The Morgan fingerprint density at radius 3 is 2.84 bits per heavy atom. The quantitative estimate of drug-likeness (QED) is 0.906. The Kier molecular flexibility index (Phi) is 5.60. The Bertz CT molecular complexity index is 413. The summed E-state index contributed by atoms with van der Waals surface area (Å²) in [6.07, 6.45) is 5.02. The van der Waals surface area contributed by atoms with Crippen LogP contribution in [0.4, 0.5) is 0 Å². The molecule has 0 spiro atoms. The molecule has 0 radical (unpaired) electrons. The van der Waals surface area contributed by atoms with Gasteiger partial charge >= 0.3 is 0 Å². The van der Waals surface area contributed by atoms with E-state index >= 15 is 0 Å². The zero-order chi connectivity index (χ0) is 13.8. The fourth-order valence-electron chi connectivity index (χ4n) is 2.79. The van der Waals surface area contributed by atoms with Crippen molar-refractivity contribution >= 4 is 23.4 Å². The molecule has 0 bridgehead atoms. The van der Waals surface area contributed by atoms with Crippen molar-refractivity contribution in [3.05, 3.63) is 16.4 Å². The van der Waals surface area contributed by atoms with Crippen LogP contribution in [0, 0.1) is 6.92 Å². The molecule has 3 nitrogen and oxygen atoms in total. The van der Waals surface area contributed by atoms with Crippen molar-refractivity contribution in [1.82, 2.24) is 15.1 Å². The first-order valence-corrected chi connectivity index (χ1v) is 8.59. The third kappa shape index (κ3) is 3.67. The third-order valence-electron chi connectivity index (χ3n) is 3.80. The van der Waals surface area contributed by atoms with E-state index in [9.17, 15) is 0 Å². The molecule has 1 N–H and O–H groups in total. The van der Waals surface area contributed by atoms with E-state index in [1.54, 1.807) is 0 Å². The maximum absolute atomic E-state index is 6.38. The average molecular weight is 302 g/mol. The van der Waals surface area contributed by atoms with Crippen molar-refractivity contribution in [2.45, 2.75) is 50.8 Å². The van der Waals surface area contributed by atoms with E-state index in [1.165, 1.54) is 25.0 Å². The van der Waals surface area contributed by atoms with Crippen LogP contribution in [0.25, 0.3) is 0 Å². The van der Waals surface area contributed by atoms with Gasteiger partial charge in [-0.05, 0) is 32.1 Å². The molecule has 1 aromatic rings. The number of thioether (sulfide) groups is 1. The highest BCUT2D eigenvalue weighted by Crippen LogP contribution is 2.30. The van der Waals surface area contributed by atoms with Gasteiger partial charge in [0.05, 0.1) is 16.4 Å². The van der Waals surface area contributed by atoms with Crippen LogP contribution in [-0.4, -0.2) is 33.4 Å². The van der Waals surface area contributed by atoms with Crippen LogP contribution in [0.15, 0.2) is 0 Å². The molecular formula is C14H24ClN3S. The molecule has 5 heteroatoms. The SMILES string of the molecule is CCNC(Cc1c(Cl)c(C)nn1C)C1CCCCS1. The molecule has 1 fully saturated rings. The van der Waals surface area contributed by atoms with Gasteiger partial charge in [0.2, 0.25) is 0 Å². The number of hydrogen-bond acceptors (Lipinski definition) is 3. The fraction of sp³-hybridized carbons (Fsp3) is 0.786. The first kappa shape index (κ1) is 15.2. The zero-order valence-electron chi connectivity index (χ0n) is 12.1. The maximum Gasteiger partial charge on any atom is 0.0847 e. The molecule has 2 atom stereocenters. The average Bonchev–Trinajstić information content (AvgIpc) is 2.65. The smallest absolute Gasteiger partial charge is 0.0847 e. The van der Waals surface area contributed by atoms with Crippen molar-refractivity contribution in [2.24, 2.45) is 7.05 Å². The highest BCUT2D eigenvalue weighted by atomic mass is 35.5. The van der Waals surface area contributed by atoms with E-state index < -0.39 is 0 Å². The van der Waals surface area contributed by atoms with Gasteiger partial charge in [-0.3, -0.25) is 4.68 Å². The Hall–Kier alpha value is -0.190. The summed E-state index contributed by atoms with van der Waals surface area (Å²) >= 11 is 8.49. The monoisotopic (exact) mass is 301 g/mol. The first-order valence-electron chi connectivity index (χ1n) is 7.16. The van der Waals surface area contributed by atoms with Crippen molar-refractivity contribution in [3.63, 3.8) is 0 Å². The van der Waals surface area contributed by atoms with Crippen molar-refractivity contribution in [1.29, 1.82) is 0 Å². The molecule has 2 heterocycles. The van der Waals surface area contributed by atoms with Gasteiger partial charge in [0.25, 0.3) is 0 Å². The minimum absolute atomic E-state index is 0.502. The molecule has 2 rings (SSSR count). The van der Waals surface area contributed by atoms with E-state index in [1.807, 2.05) is 18.7 Å². The number of aryl methyl sites for hydroxylation is 2. The lowest BCUT2D eigenvalue weighted by Gasteiger charge is -2.30. The lowest BCUT2D eigenvalue weighted by atomic mass is 10.0. The number of likely N-dealkylation sites (N-methyl/N-ethyl adjacent to an activating group) is 1. The lowest BCUT2D eigenvalue weighted by molar-refractivity contribution is 0.461. The molecule has 2 unspecified atom stereocenters. The van der Waals surface area contributed by atoms with E-state index in [0.29, 0.717) is 11.3 Å². The van der Waals surface area contributed by atoms with Gasteiger partial charge < -0.3 is 5.32 Å². The summed E-state index contributed by atoms with van der Waals surface area (Å²) in [4.78, 5) is 0. The maximum atomic E-state index is 6.38. The lowest BCUT2D eigenvalue weighted by Crippen LogP contribution is -2.41. The normalized spacial score (nSPS) is 21.6. The summed E-state index contributed by atoms with van der Waals surface area (Å²) < 4.78 is 1.94. The molecule has 0 aromatic carbocycles. The van der Waals surface area contributed by atoms with E-state index in [-0.39, 0.29) is 0 Å². The van der Waals surface area contributed by atoms with Crippen molar-refractivity contribution in [2.75, 3.05) is 12.3 Å². The summed E-state index contributed by atoms with van der Waals surface area (Å²) in [5.41, 5.74) is 2.10. The Morgan fingerprint density at radius 1 is 1.53 bits per heavy atom. The number of nitrogens with zero attached hydrogens (tertiary/aromatic N) is 2. The Balaban J connectivity index is 2.11. The standard InChI is InChI=1S/C14H24ClN3S/c1-4-16-11(13-7-5-6-8-19-13)9-12-14(15)10(2)17-18(12)3/h11,13,16H,4-9H2,1-3H3. The van der Waals surface area contributed by atoms with Crippen LogP contribution in [-0.2, 0) is 13.5 Å². The van der Waals surface area contributed by atoms with Crippen LogP contribution in [0.1, 0.15) is 37.6 Å². The highest BCUT2D eigenvalue weighted by molar-refractivity contribution is 8.00. The predicted octanol–water partition coefficient (Wildman–Crippen LogP) is 3.19. The summed E-state index contributed by atoms with van der Waals surface area (Å²) in [5, 5.41) is 9.61. The van der Waals surface area contributed by atoms with Gasteiger partial charge in [-0.2, -0.15) is 16.9 Å². The second-order valence-corrected chi connectivity index (χ2v) is 6.97. The van der Waals surface area contributed by atoms with Crippen LogP contribution in [0.3, 0.4) is 0 Å². The van der Waals surface area contributed by atoms with E-state index in [2.05, 4.69) is 29.1 Å². The van der Waals surface area contributed by atoms with Crippen molar-refractivity contribution in [3.8, 4) is 0 Å². The largest absolute Gasteiger partial charge is 0.313 e. The second kappa shape index (κ2) is 7.00. The first-order chi connectivity index (χ1) is 9.13. The molecule has 1 aliphatic rings. The van der Waals surface area contributed by atoms with Gasteiger partial charge in [0, 0.05) is 24.8 Å². The molecule has 1 aliphatic heterocycles. The number of rotatable bonds is 5. The molecule has 1 aromatic heterocycles. The third-order valence-corrected chi connectivity index (χ3v) is 5.81. The predicted molar refractivity (Wildman–Crippen MR) is 84.2 cm³/mol. The topological polar surface area (TPSA) is 29.9 Å². The molecule has 108 valence electrons. The number of nitrogens with one attached hydrogen (secondary N) is 1. The minimum Gasteiger partial charge on any atom is -0.313 e. The number of hydrogen-bond donors (Lipinski definition) is 1. The minimum atomic E-state index is 0.502. The molecule has 19 heavy (non-hydrogen) atoms. The highest BCUT2D eigenvalue weighted by Gasteiger charge is 2.26. The molecule has 0 amide bonds. The van der Waals surface area contributed by atoms with Gasteiger partial charge in [-0.15, -0.1) is 0 Å². The zero-order valence-corrected chi connectivity index (χ0v) is 13.7. The summed E-state index contributed by atoms with van der Waals surface area (Å²) in [6.45, 7) is 5.16. The summed E-state index contributed by atoms with van der Waals surface area (Å²) in [5.74, 6) is 1.30. The second-order valence-electron chi connectivity index (χ2n) is 5.24. The van der Waals surface area contributed by atoms with Gasteiger partial charge in [0.15, 0.2) is 0 Å². The van der Waals surface area contributed by atoms with Gasteiger partial charge in [0.1, 0.15) is 0 Å².